The zero-order chi connectivity index (χ0) is 8.69. The van der Waals surface area contributed by atoms with Crippen molar-refractivity contribution in [3.8, 4) is 0 Å². The van der Waals surface area contributed by atoms with E-state index < -0.39 is 6.04 Å². The summed E-state index contributed by atoms with van der Waals surface area (Å²) in [7, 11) is 1.33. The lowest BCUT2D eigenvalue weighted by molar-refractivity contribution is -0.143. The molecular formula is C6H15N3O2. The summed E-state index contributed by atoms with van der Waals surface area (Å²) in [6.07, 6.45) is 1.36. The van der Waals surface area contributed by atoms with E-state index >= 15 is 0 Å². The molecule has 0 aliphatic carbocycles. The van der Waals surface area contributed by atoms with Crippen molar-refractivity contribution >= 4 is 5.97 Å². The first kappa shape index (κ1) is 10.3. The second kappa shape index (κ2) is 6.09. The summed E-state index contributed by atoms with van der Waals surface area (Å²) in [5, 5.41) is 0. The number of nitrogens with one attached hydrogen (secondary N) is 1. The van der Waals surface area contributed by atoms with Gasteiger partial charge < -0.3 is 10.5 Å². The molecule has 0 bridgehead atoms. The van der Waals surface area contributed by atoms with Crippen molar-refractivity contribution in [3.63, 3.8) is 0 Å². The highest BCUT2D eigenvalue weighted by molar-refractivity contribution is 5.75. The Morgan fingerprint density at radius 2 is 2.36 bits per heavy atom. The topological polar surface area (TPSA) is 90.4 Å². The first-order valence-electron chi connectivity index (χ1n) is 3.50. The molecule has 5 nitrogen and oxygen atoms in total. The third-order valence-corrected chi connectivity index (χ3v) is 1.38. The maximum Gasteiger partial charge on any atom is 0.324 e. The zero-order valence-electron chi connectivity index (χ0n) is 6.67. The molecule has 0 amide bonds. The average molecular weight is 161 g/mol. The Labute approximate surface area is 66.0 Å². The number of hydrogen-bond acceptors (Lipinski definition) is 5. The van der Waals surface area contributed by atoms with Crippen molar-refractivity contribution in [2.24, 2.45) is 11.6 Å². The molecule has 0 aromatic rings. The molecule has 0 aliphatic heterocycles. The quantitative estimate of drug-likeness (QED) is 0.266. The minimum Gasteiger partial charge on any atom is -0.468 e. The van der Waals surface area contributed by atoms with Gasteiger partial charge >= 0.3 is 5.97 Å². The van der Waals surface area contributed by atoms with Crippen molar-refractivity contribution in [2.45, 2.75) is 18.9 Å². The van der Waals surface area contributed by atoms with E-state index in [1.54, 1.807) is 0 Å². The van der Waals surface area contributed by atoms with Gasteiger partial charge in [-0.15, -0.1) is 0 Å². The van der Waals surface area contributed by atoms with Gasteiger partial charge in [-0.1, -0.05) is 0 Å². The highest BCUT2D eigenvalue weighted by atomic mass is 16.5. The Hall–Kier alpha value is -0.650. The highest BCUT2D eigenvalue weighted by Crippen LogP contribution is 1.96. The third-order valence-electron chi connectivity index (χ3n) is 1.38. The molecule has 0 aromatic heterocycles. The van der Waals surface area contributed by atoms with Crippen molar-refractivity contribution in [3.05, 3.63) is 0 Å². The van der Waals surface area contributed by atoms with Gasteiger partial charge in [-0.2, -0.15) is 0 Å². The van der Waals surface area contributed by atoms with Crippen LogP contribution in [0.5, 0.6) is 0 Å². The number of ether oxygens (including phenoxy) is 1. The van der Waals surface area contributed by atoms with Crippen LogP contribution in [-0.2, 0) is 9.53 Å². The summed E-state index contributed by atoms with van der Waals surface area (Å²) in [6, 6.07) is -0.427. The van der Waals surface area contributed by atoms with Gasteiger partial charge in [0.2, 0.25) is 0 Å². The van der Waals surface area contributed by atoms with Crippen LogP contribution >= 0.6 is 0 Å². The van der Waals surface area contributed by atoms with Crippen LogP contribution in [0.4, 0.5) is 0 Å². The lowest BCUT2D eigenvalue weighted by Gasteiger charge is -2.11. The normalized spacial score (nSPS) is 12.6. The van der Waals surface area contributed by atoms with Crippen LogP contribution in [-0.4, -0.2) is 25.7 Å². The van der Waals surface area contributed by atoms with Crippen LogP contribution in [0.3, 0.4) is 0 Å². The lowest BCUT2D eigenvalue weighted by Crippen LogP contribution is -2.42. The summed E-state index contributed by atoms with van der Waals surface area (Å²) in [6.45, 7) is 0.551. The average Bonchev–Trinajstić information content (AvgIpc) is 2.05. The number of hydrogen-bond donors (Lipinski definition) is 3. The summed E-state index contributed by atoms with van der Waals surface area (Å²) >= 11 is 0. The maximum atomic E-state index is 10.8. The second-order valence-corrected chi connectivity index (χ2v) is 2.17. The number of methoxy groups -OCH3 is 1. The van der Waals surface area contributed by atoms with Gasteiger partial charge in [0.25, 0.3) is 0 Å². The molecule has 11 heavy (non-hydrogen) atoms. The fourth-order valence-electron chi connectivity index (χ4n) is 0.733. The van der Waals surface area contributed by atoms with Crippen LogP contribution < -0.4 is 17.0 Å². The molecule has 0 rings (SSSR count). The molecule has 0 fully saturated rings. The summed E-state index contributed by atoms with van der Waals surface area (Å²) in [4.78, 5) is 10.8. The van der Waals surface area contributed by atoms with Gasteiger partial charge in [-0.3, -0.25) is 10.6 Å². The molecule has 0 radical (unpaired) electrons. The van der Waals surface area contributed by atoms with E-state index in [0.717, 1.165) is 6.42 Å². The monoisotopic (exact) mass is 161 g/mol. The van der Waals surface area contributed by atoms with Crippen LogP contribution in [0.1, 0.15) is 12.8 Å². The Morgan fingerprint density at radius 3 is 2.73 bits per heavy atom. The number of hydrazine groups is 1. The molecule has 1 atom stereocenters. The molecule has 0 aliphatic rings. The van der Waals surface area contributed by atoms with Gasteiger partial charge in [0.05, 0.1) is 7.11 Å². The predicted octanol–water partition coefficient (Wildman–Crippen LogP) is -1.27. The lowest BCUT2D eigenvalue weighted by atomic mass is 10.2. The molecule has 66 valence electrons. The van der Waals surface area contributed by atoms with Gasteiger partial charge in [0, 0.05) is 0 Å². The third kappa shape index (κ3) is 3.92. The Bertz CT molecular complexity index is 118. The first-order valence-corrected chi connectivity index (χ1v) is 3.50. The van der Waals surface area contributed by atoms with Crippen molar-refractivity contribution < 1.29 is 9.53 Å². The standard InChI is InChI=1S/C6H15N3O2/c1-11-6(10)5(9-8)3-2-4-7/h5,9H,2-4,7-8H2,1H3. The number of rotatable bonds is 5. The van der Waals surface area contributed by atoms with Gasteiger partial charge in [0.15, 0.2) is 0 Å². The van der Waals surface area contributed by atoms with Gasteiger partial charge in [-0.25, -0.2) is 5.43 Å². The minimum atomic E-state index is -0.427. The number of carbonyl (C=O) groups is 1. The largest absolute Gasteiger partial charge is 0.468 e. The fourth-order valence-corrected chi connectivity index (χ4v) is 0.733. The number of carbonyl (C=O) groups excluding carboxylic acids is 1. The molecule has 0 saturated heterocycles. The van der Waals surface area contributed by atoms with E-state index in [4.69, 9.17) is 11.6 Å². The maximum absolute atomic E-state index is 10.8. The Kier molecular flexibility index (Phi) is 5.73. The van der Waals surface area contributed by atoms with E-state index in [0.29, 0.717) is 13.0 Å². The van der Waals surface area contributed by atoms with E-state index in [-0.39, 0.29) is 5.97 Å². The smallest absolute Gasteiger partial charge is 0.324 e. The predicted molar refractivity (Wildman–Crippen MR) is 41.4 cm³/mol. The number of esters is 1. The zero-order valence-corrected chi connectivity index (χ0v) is 6.67. The summed E-state index contributed by atoms with van der Waals surface area (Å²) < 4.78 is 4.48. The molecule has 0 heterocycles. The van der Waals surface area contributed by atoms with Crippen LogP contribution in [0, 0.1) is 0 Å². The highest BCUT2D eigenvalue weighted by Gasteiger charge is 2.15. The molecule has 5 N–H and O–H groups in total. The number of nitrogens with two attached hydrogens (primary N) is 2. The first-order chi connectivity index (χ1) is 5.26. The van der Waals surface area contributed by atoms with E-state index in [2.05, 4.69) is 10.2 Å². The minimum absolute atomic E-state index is 0.346. The molecule has 5 heteroatoms. The molecule has 0 spiro atoms. The van der Waals surface area contributed by atoms with Gasteiger partial charge in [-0.05, 0) is 19.4 Å². The molecular weight excluding hydrogens is 146 g/mol. The van der Waals surface area contributed by atoms with E-state index in [9.17, 15) is 4.79 Å². The van der Waals surface area contributed by atoms with Crippen LogP contribution in [0.15, 0.2) is 0 Å². The Morgan fingerprint density at radius 1 is 1.73 bits per heavy atom. The van der Waals surface area contributed by atoms with Crippen molar-refractivity contribution in [2.75, 3.05) is 13.7 Å². The summed E-state index contributed by atoms with van der Waals surface area (Å²) in [5.41, 5.74) is 7.61. The molecule has 1 unspecified atom stereocenters. The Balaban J connectivity index is 3.65. The van der Waals surface area contributed by atoms with Crippen molar-refractivity contribution in [1.29, 1.82) is 0 Å². The van der Waals surface area contributed by atoms with Crippen LogP contribution in [0.25, 0.3) is 0 Å². The summed E-state index contributed by atoms with van der Waals surface area (Å²) in [5.74, 6) is 4.75. The second-order valence-electron chi connectivity index (χ2n) is 2.17. The van der Waals surface area contributed by atoms with E-state index in [1.807, 2.05) is 0 Å². The van der Waals surface area contributed by atoms with E-state index in [1.165, 1.54) is 7.11 Å². The molecule has 0 aromatic carbocycles. The van der Waals surface area contributed by atoms with Gasteiger partial charge in [0.1, 0.15) is 6.04 Å². The molecule has 0 saturated carbocycles. The fraction of sp³-hybridized carbons (Fsp3) is 0.833. The van der Waals surface area contributed by atoms with Crippen LogP contribution in [0.2, 0.25) is 0 Å². The van der Waals surface area contributed by atoms with Crippen molar-refractivity contribution in [1.82, 2.24) is 5.43 Å². The SMILES string of the molecule is COC(=O)C(CCCN)NN.